The fraction of sp³-hybridized carbons (Fsp3) is 0.0769. The van der Waals surface area contributed by atoms with Gasteiger partial charge in [-0.1, -0.05) is 23.7 Å². The summed E-state index contributed by atoms with van der Waals surface area (Å²) in [5, 5.41) is 12.0. The summed E-state index contributed by atoms with van der Waals surface area (Å²) in [5.41, 5.74) is 0.693. The van der Waals surface area contributed by atoms with Crippen LogP contribution >= 0.6 is 11.6 Å². The number of hydrogen-bond donors (Lipinski definition) is 2. The maximum atomic E-state index is 13.0. The van der Waals surface area contributed by atoms with E-state index in [-0.39, 0.29) is 28.9 Å². The van der Waals surface area contributed by atoms with Gasteiger partial charge >= 0.3 is 5.97 Å². The Morgan fingerprint density at radius 2 is 2.16 bits per heavy atom. The molecule has 2 rings (SSSR count). The number of nitrogens with zero attached hydrogens (tertiary/aromatic N) is 1. The van der Waals surface area contributed by atoms with Gasteiger partial charge in [-0.25, -0.2) is 14.2 Å². The highest BCUT2D eigenvalue weighted by atomic mass is 35.5. The summed E-state index contributed by atoms with van der Waals surface area (Å²) in [5.74, 6) is -1.30. The third-order valence-electron chi connectivity index (χ3n) is 2.44. The molecule has 6 heteroatoms. The zero-order valence-electron chi connectivity index (χ0n) is 9.73. The van der Waals surface area contributed by atoms with Crippen molar-refractivity contribution < 1.29 is 14.3 Å². The minimum atomic E-state index is -1.11. The number of benzene rings is 1. The van der Waals surface area contributed by atoms with Crippen LogP contribution in [0.1, 0.15) is 15.9 Å². The van der Waals surface area contributed by atoms with Crippen molar-refractivity contribution in [2.75, 3.05) is 5.32 Å². The van der Waals surface area contributed by atoms with E-state index in [0.29, 0.717) is 5.56 Å². The number of pyridine rings is 1. The van der Waals surface area contributed by atoms with Gasteiger partial charge in [0, 0.05) is 6.54 Å². The highest BCUT2D eigenvalue weighted by Crippen LogP contribution is 2.17. The molecule has 2 aromatic rings. The molecule has 0 unspecified atom stereocenters. The standard InChI is InChI=1S/C13H10ClFN2O2/c14-11-5-4-10(13(18)19)12(17-11)16-7-8-2-1-3-9(15)6-8/h1-6H,7H2,(H,16,17)(H,18,19). The van der Waals surface area contributed by atoms with E-state index >= 15 is 0 Å². The van der Waals surface area contributed by atoms with Gasteiger partial charge in [0.15, 0.2) is 0 Å². The van der Waals surface area contributed by atoms with Gasteiger partial charge in [0.1, 0.15) is 22.4 Å². The Hall–Kier alpha value is -2.14. The number of anilines is 1. The zero-order valence-corrected chi connectivity index (χ0v) is 10.5. The van der Waals surface area contributed by atoms with Gasteiger partial charge in [0.2, 0.25) is 0 Å². The molecule has 19 heavy (non-hydrogen) atoms. The predicted molar refractivity (Wildman–Crippen MR) is 69.9 cm³/mol. The van der Waals surface area contributed by atoms with E-state index in [0.717, 1.165) is 0 Å². The lowest BCUT2D eigenvalue weighted by Gasteiger charge is -2.09. The second kappa shape index (κ2) is 5.67. The molecular weight excluding hydrogens is 271 g/mol. The fourth-order valence-electron chi connectivity index (χ4n) is 1.58. The average Bonchev–Trinajstić information content (AvgIpc) is 2.36. The third-order valence-corrected chi connectivity index (χ3v) is 2.65. The van der Waals surface area contributed by atoms with Gasteiger partial charge in [-0.2, -0.15) is 0 Å². The highest BCUT2D eigenvalue weighted by Gasteiger charge is 2.11. The van der Waals surface area contributed by atoms with Crippen LogP contribution in [0.3, 0.4) is 0 Å². The van der Waals surface area contributed by atoms with Crippen LogP contribution in [0.5, 0.6) is 0 Å². The summed E-state index contributed by atoms with van der Waals surface area (Å²) in [7, 11) is 0. The Labute approximate surface area is 113 Å². The number of carbonyl (C=O) groups is 1. The molecule has 2 N–H and O–H groups in total. The molecule has 0 aliphatic heterocycles. The topological polar surface area (TPSA) is 62.2 Å². The first-order chi connectivity index (χ1) is 9.06. The van der Waals surface area contributed by atoms with Gasteiger partial charge in [0.05, 0.1) is 0 Å². The first-order valence-corrected chi connectivity index (χ1v) is 5.82. The van der Waals surface area contributed by atoms with Gasteiger partial charge in [-0.15, -0.1) is 0 Å². The molecule has 1 heterocycles. The molecule has 0 fully saturated rings. The van der Waals surface area contributed by atoms with Crippen molar-refractivity contribution >= 4 is 23.4 Å². The van der Waals surface area contributed by atoms with Crippen LogP contribution in [0, 0.1) is 5.82 Å². The Morgan fingerprint density at radius 1 is 1.37 bits per heavy atom. The highest BCUT2D eigenvalue weighted by molar-refractivity contribution is 6.29. The molecule has 1 aromatic carbocycles. The van der Waals surface area contributed by atoms with Crippen LogP contribution in [-0.4, -0.2) is 16.1 Å². The molecular formula is C13H10ClFN2O2. The van der Waals surface area contributed by atoms with Crippen molar-refractivity contribution in [1.29, 1.82) is 0 Å². The van der Waals surface area contributed by atoms with Crippen molar-refractivity contribution in [3.05, 3.63) is 58.5 Å². The summed E-state index contributed by atoms with van der Waals surface area (Å²) >= 11 is 5.72. The molecule has 0 aliphatic carbocycles. The maximum absolute atomic E-state index is 13.0. The largest absolute Gasteiger partial charge is 0.478 e. The molecule has 98 valence electrons. The number of carboxylic acids is 1. The molecule has 0 bridgehead atoms. The van der Waals surface area contributed by atoms with E-state index in [2.05, 4.69) is 10.3 Å². The fourth-order valence-corrected chi connectivity index (χ4v) is 1.72. The first kappa shape index (κ1) is 13.3. The molecule has 0 saturated carbocycles. The van der Waals surface area contributed by atoms with Crippen LogP contribution in [0.2, 0.25) is 5.15 Å². The lowest BCUT2D eigenvalue weighted by atomic mass is 10.2. The normalized spacial score (nSPS) is 10.2. The van der Waals surface area contributed by atoms with E-state index in [1.54, 1.807) is 12.1 Å². The summed E-state index contributed by atoms with van der Waals surface area (Å²) in [6.07, 6.45) is 0. The van der Waals surface area contributed by atoms with E-state index in [4.69, 9.17) is 16.7 Å². The summed E-state index contributed by atoms with van der Waals surface area (Å²) in [6.45, 7) is 0.255. The second-order valence-corrected chi connectivity index (χ2v) is 4.21. The Bertz CT molecular complexity index is 619. The van der Waals surface area contributed by atoms with Crippen LogP contribution < -0.4 is 5.32 Å². The van der Waals surface area contributed by atoms with Crippen LogP contribution in [-0.2, 0) is 6.54 Å². The molecule has 4 nitrogen and oxygen atoms in total. The predicted octanol–water partition coefficient (Wildman–Crippen LogP) is 3.18. The lowest BCUT2D eigenvalue weighted by molar-refractivity contribution is 0.0697. The van der Waals surface area contributed by atoms with Crippen molar-refractivity contribution in [1.82, 2.24) is 4.98 Å². The number of aromatic carboxylic acids is 1. The molecule has 0 aliphatic rings. The lowest BCUT2D eigenvalue weighted by Crippen LogP contribution is -2.08. The molecule has 0 atom stereocenters. The van der Waals surface area contributed by atoms with Crippen molar-refractivity contribution in [2.45, 2.75) is 6.54 Å². The summed E-state index contributed by atoms with van der Waals surface area (Å²) in [6, 6.07) is 8.77. The quantitative estimate of drug-likeness (QED) is 0.845. The van der Waals surface area contributed by atoms with E-state index in [9.17, 15) is 9.18 Å². The van der Waals surface area contributed by atoms with Crippen molar-refractivity contribution in [3.8, 4) is 0 Å². The Kier molecular flexibility index (Phi) is 3.97. The molecule has 1 aromatic heterocycles. The van der Waals surface area contributed by atoms with Gasteiger partial charge < -0.3 is 10.4 Å². The number of halogens is 2. The number of nitrogens with one attached hydrogen (secondary N) is 1. The zero-order chi connectivity index (χ0) is 13.8. The van der Waals surface area contributed by atoms with E-state index < -0.39 is 5.97 Å². The minimum absolute atomic E-state index is 0.0146. The van der Waals surface area contributed by atoms with Crippen LogP contribution in [0.25, 0.3) is 0 Å². The monoisotopic (exact) mass is 280 g/mol. The van der Waals surface area contributed by atoms with Gasteiger partial charge in [-0.05, 0) is 29.8 Å². The number of rotatable bonds is 4. The number of hydrogen-bond acceptors (Lipinski definition) is 3. The van der Waals surface area contributed by atoms with Gasteiger partial charge in [0.25, 0.3) is 0 Å². The van der Waals surface area contributed by atoms with Crippen LogP contribution in [0.4, 0.5) is 10.2 Å². The number of aromatic nitrogens is 1. The van der Waals surface area contributed by atoms with E-state index in [1.807, 2.05) is 0 Å². The third kappa shape index (κ3) is 3.42. The average molecular weight is 281 g/mol. The first-order valence-electron chi connectivity index (χ1n) is 5.44. The van der Waals surface area contributed by atoms with Gasteiger partial charge in [-0.3, -0.25) is 0 Å². The summed E-state index contributed by atoms with van der Waals surface area (Å²) < 4.78 is 13.0. The van der Waals surface area contributed by atoms with Crippen molar-refractivity contribution in [3.63, 3.8) is 0 Å². The van der Waals surface area contributed by atoms with Crippen molar-refractivity contribution in [2.24, 2.45) is 0 Å². The molecule has 0 radical (unpaired) electrons. The molecule has 0 spiro atoms. The molecule has 0 saturated heterocycles. The molecule has 0 amide bonds. The SMILES string of the molecule is O=C(O)c1ccc(Cl)nc1NCc1cccc(F)c1. The van der Waals surface area contributed by atoms with Crippen LogP contribution in [0.15, 0.2) is 36.4 Å². The second-order valence-electron chi connectivity index (χ2n) is 3.82. The Morgan fingerprint density at radius 3 is 2.84 bits per heavy atom. The Balaban J connectivity index is 2.19. The number of carboxylic acid groups (broad SMARTS) is 1. The maximum Gasteiger partial charge on any atom is 0.339 e. The minimum Gasteiger partial charge on any atom is -0.478 e. The summed E-state index contributed by atoms with van der Waals surface area (Å²) in [4.78, 5) is 14.9. The smallest absolute Gasteiger partial charge is 0.339 e. The van der Waals surface area contributed by atoms with E-state index in [1.165, 1.54) is 24.3 Å².